The van der Waals surface area contributed by atoms with Gasteiger partial charge in [0.15, 0.2) is 0 Å². The van der Waals surface area contributed by atoms with Crippen molar-refractivity contribution in [1.29, 1.82) is 5.41 Å². The molecule has 0 rings (SSSR count). The lowest BCUT2D eigenvalue weighted by molar-refractivity contribution is 1.28. The molecule has 0 spiro atoms. The van der Waals surface area contributed by atoms with E-state index < -0.39 is 0 Å². The van der Waals surface area contributed by atoms with Gasteiger partial charge in [0.1, 0.15) is 0 Å². The molecule has 0 unspecified atom stereocenters. The lowest BCUT2D eigenvalue weighted by atomic mass is 10.1. The number of rotatable bonds is 2. The zero-order valence-electron chi connectivity index (χ0n) is 7.15. The number of hydrogen-bond acceptors (Lipinski definition) is 1. The van der Waals surface area contributed by atoms with Gasteiger partial charge in [0.05, 0.1) is 0 Å². The van der Waals surface area contributed by atoms with E-state index >= 15 is 0 Å². The maximum absolute atomic E-state index is 6.93. The Morgan fingerprint density at radius 2 is 1.60 bits per heavy atom. The standard InChI is InChI=1S/C9H15N/c1-7(2)9(4)5-8(3)6-10/h5-6,10H,1-4H3/b8-5-,10-6?. The first-order valence-corrected chi connectivity index (χ1v) is 3.40. The van der Waals surface area contributed by atoms with Gasteiger partial charge in [-0.05, 0) is 33.3 Å². The molecule has 0 aliphatic carbocycles. The number of nitrogens with one attached hydrogen (secondary N) is 1. The molecule has 1 N–H and O–H groups in total. The maximum atomic E-state index is 6.93. The molecule has 1 heteroatoms. The lowest BCUT2D eigenvalue weighted by Gasteiger charge is -1.95. The highest BCUT2D eigenvalue weighted by Gasteiger charge is 1.86. The predicted octanol–water partition coefficient (Wildman–Crippen LogP) is 2.94. The van der Waals surface area contributed by atoms with E-state index in [1.54, 1.807) is 0 Å². The van der Waals surface area contributed by atoms with Crippen molar-refractivity contribution in [3.05, 3.63) is 22.8 Å². The van der Waals surface area contributed by atoms with Crippen molar-refractivity contribution in [3.8, 4) is 0 Å². The van der Waals surface area contributed by atoms with Crippen LogP contribution in [0.15, 0.2) is 22.8 Å². The summed E-state index contributed by atoms with van der Waals surface area (Å²) < 4.78 is 0. The third kappa shape index (κ3) is 3.23. The van der Waals surface area contributed by atoms with E-state index in [0.29, 0.717) is 0 Å². The number of allylic oxidation sites excluding steroid dienone is 4. The van der Waals surface area contributed by atoms with Crippen molar-refractivity contribution in [2.75, 3.05) is 0 Å². The molecular weight excluding hydrogens is 122 g/mol. The van der Waals surface area contributed by atoms with Crippen LogP contribution in [0.4, 0.5) is 0 Å². The molecule has 0 aromatic rings. The smallest absolute Gasteiger partial charge is 0.0207 e. The van der Waals surface area contributed by atoms with Crippen LogP contribution in [0.25, 0.3) is 0 Å². The third-order valence-corrected chi connectivity index (χ3v) is 1.46. The monoisotopic (exact) mass is 137 g/mol. The highest BCUT2D eigenvalue weighted by Crippen LogP contribution is 2.05. The van der Waals surface area contributed by atoms with Gasteiger partial charge in [-0.15, -0.1) is 0 Å². The summed E-state index contributed by atoms with van der Waals surface area (Å²) in [5.41, 5.74) is 3.56. The molecule has 0 amide bonds. The van der Waals surface area contributed by atoms with Crippen LogP contribution in [0.1, 0.15) is 27.7 Å². The first-order chi connectivity index (χ1) is 4.57. The summed E-state index contributed by atoms with van der Waals surface area (Å²) >= 11 is 0. The summed E-state index contributed by atoms with van der Waals surface area (Å²) in [6.45, 7) is 8.13. The Labute approximate surface area is 63.0 Å². The first kappa shape index (κ1) is 9.15. The Morgan fingerprint density at radius 3 is 1.90 bits per heavy atom. The second kappa shape index (κ2) is 4.04. The first-order valence-electron chi connectivity index (χ1n) is 3.40. The van der Waals surface area contributed by atoms with Crippen LogP contribution >= 0.6 is 0 Å². The fourth-order valence-corrected chi connectivity index (χ4v) is 0.528. The molecule has 0 aliphatic rings. The molecule has 0 bridgehead atoms. The molecule has 56 valence electrons. The van der Waals surface area contributed by atoms with E-state index in [9.17, 15) is 0 Å². The average Bonchev–Trinajstić information content (AvgIpc) is 1.87. The molecule has 0 fully saturated rings. The van der Waals surface area contributed by atoms with Gasteiger partial charge in [-0.1, -0.05) is 17.2 Å². The fraction of sp³-hybridized carbons (Fsp3) is 0.444. The second-order valence-electron chi connectivity index (χ2n) is 2.72. The number of hydrogen-bond donors (Lipinski definition) is 1. The molecule has 0 radical (unpaired) electrons. The van der Waals surface area contributed by atoms with Gasteiger partial charge in [0.2, 0.25) is 0 Å². The van der Waals surface area contributed by atoms with Gasteiger partial charge in [-0.3, -0.25) is 0 Å². The SMILES string of the molecule is CC(C)=C(C)/C=C(/C)C=N. The van der Waals surface area contributed by atoms with E-state index in [-0.39, 0.29) is 0 Å². The average molecular weight is 137 g/mol. The Bertz CT molecular complexity index is 181. The Hall–Kier alpha value is -0.850. The summed E-state index contributed by atoms with van der Waals surface area (Å²) in [4.78, 5) is 0. The van der Waals surface area contributed by atoms with Crippen LogP contribution in [0, 0.1) is 5.41 Å². The molecular formula is C9H15N. The summed E-state index contributed by atoms with van der Waals surface area (Å²) in [5.74, 6) is 0. The van der Waals surface area contributed by atoms with Gasteiger partial charge in [-0.2, -0.15) is 0 Å². The zero-order chi connectivity index (χ0) is 8.15. The quantitative estimate of drug-likeness (QED) is 0.447. The molecule has 0 saturated carbocycles. The molecule has 10 heavy (non-hydrogen) atoms. The minimum absolute atomic E-state index is 0.999. The van der Waals surface area contributed by atoms with E-state index in [1.807, 2.05) is 13.0 Å². The van der Waals surface area contributed by atoms with Crippen molar-refractivity contribution < 1.29 is 0 Å². The fourth-order valence-electron chi connectivity index (χ4n) is 0.528. The van der Waals surface area contributed by atoms with Gasteiger partial charge >= 0.3 is 0 Å². The van der Waals surface area contributed by atoms with E-state index in [0.717, 1.165) is 5.57 Å². The Morgan fingerprint density at radius 1 is 1.10 bits per heavy atom. The Kier molecular flexibility index (Phi) is 3.70. The highest BCUT2D eigenvalue weighted by molar-refractivity contribution is 5.75. The normalized spacial score (nSPS) is 11.0. The van der Waals surface area contributed by atoms with Gasteiger partial charge < -0.3 is 5.41 Å². The summed E-state index contributed by atoms with van der Waals surface area (Å²) in [5, 5.41) is 6.93. The van der Waals surface area contributed by atoms with Gasteiger partial charge in [-0.25, -0.2) is 0 Å². The molecule has 0 aliphatic heterocycles. The predicted molar refractivity (Wildman–Crippen MR) is 46.6 cm³/mol. The Balaban J connectivity index is 4.42. The van der Waals surface area contributed by atoms with Crippen LogP contribution in [-0.2, 0) is 0 Å². The summed E-state index contributed by atoms with van der Waals surface area (Å²) in [7, 11) is 0. The van der Waals surface area contributed by atoms with Crippen molar-refractivity contribution in [2.24, 2.45) is 0 Å². The maximum Gasteiger partial charge on any atom is 0.0207 e. The topological polar surface area (TPSA) is 23.9 Å². The molecule has 0 saturated heterocycles. The van der Waals surface area contributed by atoms with E-state index in [4.69, 9.17) is 5.41 Å². The van der Waals surface area contributed by atoms with Crippen LogP contribution < -0.4 is 0 Å². The highest BCUT2D eigenvalue weighted by atomic mass is 14.3. The van der Waals surface area contributed by atoms with Crippen LogP contribution in [0.5, 0.6) is 0 Å². The second-order valence-corrected chi connectivity index (χ2v) is 2.72. The summed E-state index contributed by atoms with van der Waals surface area (Å²) in [6.07, 6.45) is 3.38. The van der Waals surface area contributed by atoms with Crippen LogP contribution in [0.3, 0.4) is 0 Å². The molecule has 0 atom stereocenters. The van der Waals surface area contributed by atoms with Crippen LogP contribution in [0.2, 0.25) is 0 Å². The molecule has 0 aromatic carbocycles. The van der Waals surface area contributed by atoms with E-state index in [1.165, 1.54) is 17.4 Å². The van der Waals surface area contributed by atoms with Gasteiger partial charge in [0.25, 0.3) is 0 Å². The van der Waals surface area contributed by atoms with Crippen molar-refractivity contribution in [1.82, 2.24) is 0 Å². The lowest BCUT2D eigenvalue weighted by Crippen LogP contribution is -1.79. The third-order valence-electron chi connectivity index (χ3n) is 1.46. The minimum atomic E-state index is 0.999. The summed E-state index contributed by atoms with van der Waals surface area (Å²) in [6, 6.07) is 0. The molecule has 0 aromatic heterocycles. The minimum Gasteiger partial charge on any atom is -0.308 e. The van der Waals surface area contributed by atoms with Gasteiger partial charge in [0, 0.05) is 6.21 Å². The molecule has 0 heterocycles. The van der Waals surface area contributed by atoms with Crippen molar-refractivity contribution >= 4 is 6.21 Å². The largest absolute Gasteiger partial charge is 0.308 e. The van der Waals surface area contributed by atoms with E-state index in [2.05, 4.69) is 20.8 Å². The molecule has 1 nitrogen and oxygen atoms in total. The van der Waals surface area contributed by atoms with Crippen molar-refractivity contribution in [2.45, 2.75) is 27.7 Å². The van der Waals surface area contributed by atoms with Crippen LogP contribution in [-0.4, -0.2) is 6.21 Å². The zero-order valence-corrected chi connectivity index (χ0v) is 7.15. The van der Waals surface area contributed by atoms with Crippen molar-refractivity contribution in [3.63, 3.8) is 0 Å².